The van der Waals surface area contributed by atoms with E-state index >= 15 is 0 Å². The third kappa shape index (κ3) is 3.11. The Morgan fingerprint density at radius 1 is 1.29 bits per heavy atom. The second-order valence-corrected chi connectivity index (χ2v) is 5.39. The van der Waals surface area contributed by atoms with Gasteiger partial charge in [0, 0.05) is 11.6 Å². The van der Waals surface area contributed by atoms with Gasteiger partial charge in [-0.05, 0) is 52.1 Å². The van der Waals surface area contributed by atoms with E-state index < -0.39 is 0 Å². The van der Waals surface area contributed by atoms with E-state index in [1.54, 1.807) is 0 Å². The van der Waals surface area contributed by atoms with Crippen molar-refractivity contribution in [3.05, 3.63) is 11.6 Å². The first kappa shape index (κ1) is 14.7. The van der Waals surface area contributed by atoms with Crippen LogP contribution in [-0.4, -0.2) is 29.6 Å². The highest BCUT2D eigenvalue weighted by Gasteiger charge is 2.36. The molecule has 0 radical (unpaired) electrons. The number of nitrogens with zero attached hydrogens (tertiary/aromatic N) is 1. The lowest BCUT2D eigenvalue weighted by Crippen LogP contribution is -2.58. The van der Waals surface area contributed by atoms with Gasteiger partial charge in [0.1, 0.15) is 0 Å². The maximum atomic E-state index is 6.58. The maximum absolute atomic E-state index is 6.58. The molecule has 2 atom stereocenters. The van der Waals surface area contributed by atoms with Crippen molar-refractivity contribution in [2.75, 3.05) is 13.1 Å². The number of rotatable bonds is 6. The van der Waals surface area contributed by atoms with E-state index in [9.17, 15) is 0 Å². The van der Waals surface area contributed by atoms with Crippen LogP contribution in [0.25, 0.3) is 0 Å². The first-order valence-corrected chi connectivity index (χ1v) is 7.29. The molecule has 0 fully saturated rings. The van der Waals surface area contributed by atoms with Crippen LogP contribution in [0.2, 0.25) is 0 Å². The molecule has 0 aliphatic heterocycles. The van der Waals surface area contributed by atoms with E-state index in [2.05, 4.69) is 38.7 Å². The van der Waals surface area contributed by atoms with Crippen LogP contribution < -0.4 is 5.73 Å². The highest BCUT2D eigenvalue weighted by molar-refractivity contribution is 5.19. The molecule has 0 aromatic rings. The van der Waals surface area contributed by atoms with E-state index in [4.69, 9.17) is 5.73 Å². The summed E-state index contributed by atoms with van der Waals surface area (Å²) in [5.74, 6) is 0. The van der Waals surface area contributed by atoms with Gasteiger partial charge in [-0.15, -0.1) is 0 Å². The Labute approximate surface area is 107 Å². The molecular formula is C15H30N2. The zero-order valence-corrected chi connectivity index (χ0v) is 12.1. The first-order valence-electron chi connectivity index (χ1n) is 7.29. The molecule has 2 heteroatoms. The largest absolute Gasteiger partial charge is 0.323 e. The smallest absolute Gasteiger partial charge is 0.0438 e. The van der Waals surface area contributed by atoms with Crippen molar-refractivity contribution in [1.29, 1.82) is 0 Å². The lowest BCUT2D eigenvalue weighted by Gasteiger charge is -2.45. The molecule has 0 aromatic heterocycles. The van der Waals surface area contributed by atoms with Crippen molar-refractivity contribution in [3.8, 4) is 0 Å². The highest BCUT2D eigenvalue weighted by Crippen LogP contribution is 2.30. The van der Waals surface area contributed by atoms with E-state index in [1.807, 2.05) is 0 Å². The minimum absolute atomic E-state index is 0.118. The number of nitrogens with two attached hydrogens (primary N) is 1. The van der Waals surface area contributed by atoms with Crippen molar-refractivity contribution in [3.63, 3.8) is 0 Å². The third-order valence-electron chi connectivity index (χ3n) is 4.60. The van der Waals surface area contributed by atoms with Crippen molar-refractivity contribution in [2.45, 2.75) is 71.4 Å². The minimum atomic E-state index is 0.118. The van der Waals surface area contributed by atoms with Gasteiger partial charge in [0.15, 0.2) is 0 Å². The molecule has 0 spiro atoms. The molecule has 2 N–H and O–H groups in total. The standard InChI is InChI=1S/C15H30N2/c1-5-15(4,17(6-2)7-3)14(16)13-11-9-8-10-12-13/h11,14H,5-10,12,16H2,1-4H3. The van der Waals surface area contributed by atoms with Crippen molar-refractivity contribution >= 4 is 0 Å². The van der Waals surface area contributed by atoms with Gasteiger partial charge in [0.25, 0.3) is 0 Å². The summed E-state index contributed by atoms with van der Waals surface area (Å²) < 4.78 is 0. The van der Waals surface area contributed by atoms with Gasteiger partial charge in [0.2, 0.25) is 0 Å². The lowest BCUT2D eigenvalue weighted by molar-refractivity contribution is 0.0939. The molecule has 100 valence electrons. The Kier molecular flexibility index (Phi) is 5.68. The minimum Gasteiger partial charge on any atom is -0.323 e. The predicted molar refractivity (Wildman–Crippen MR) is 76.1 cm³/mol. The summed E-state index contributed by atoms with van der Waals surface area (Å²) in [5.41, 5.74) is 8.19. The molecule has 2 unspecified atom stereocenters. The Bertz CT molecular complexity index is 256. The summed E-state index contributed by atoms with van der Waals surface area (Å²) in [6.07, 6.45) is 8.60. The molecule has 0 saturated carbocycles. The summed E-state index contributed by atoms with van der Waals surface area (Å²) in [6, 6.07) is 0.202. The van der Waals surface area contributed by atoms with Crippen LogP contribution in [0.15, 0.2) is 11.6 Å². The van der Waals surface area contributed by atoms with Gasteiger partial charge in [-0.3, -0.25) is 4.90 Å². The quantitative estimate of drug-likeness (QED) is 0.719. The molecule has 0 saturated heterocycles. The fourth-order valence-electron chi connectivity index (χ4n) is 3.13. The highest BCUT2D eigenvalue weighted by atomic mass is 15.2. The fraction of sp³-hybridized carbons (Fsp3) is 0.867. The van der Waals surface area contributed by atoms with Crippen LogP contribution in [0.1, 0.15) is 59.8 Å². The topological polar surface area (TPSA) is 29.3 Å². The van der Waals surface area contributed by atoms with Gasteiger partial charge in [-0.1, -0.05) is 32.4 Å². The average Bonchev–Trinajstić information content (AvgIpc) is 2.39. The molecule has 0 bridgehead atoms. The third-order valence-corrected chi connectivity index (χ3v) is 4.60. The molecule has 1 aliphatic carbocycles. The van der Waals surface area contributed by atoms with Gasteiger partial charge >= 0.3 is 0 Å². The summed E-state index contributed by atoms with van der Waals surface area (Å²) in [5, 5.41) is 0. The number of likely N-dealkylation sites (N-methyl/N-ethyl adjacent to an activating group) is 1. The van der Waals surface area contributed by atoms with Gasteiger partial charge in [-0.2, -0.15) is 0 Å². The van der Waals surface area contributed by atoms with E-state index in [1.165, 1.54) is 31.3 Å². The van der Waals surface area contributed by atoms with Gasteiger partial charge < -0.3 is 5.73 Å². The van der Waals surface area contributed by atoms with E-state index in [0.717, 1.165) is 19.5 Å². The van der Waals surface area contributed by atoms with Gasteiger partial charge in [0.05, 0.1) is 0 Å². The van der Waals surface area contributed by atoms with Crippen molar-refractivity contribution in [2.24, 2.45) is 5.73 Å². The molecule has 17 heavy (non-hydrogen) atoms. The van der Waals surface area contributed by atoms with Crippen LogP contribution in [0.4, 0.5) is 0 Å². The van der Waals surface area contributed by atoms with Crippen LogP contribution in [0, 0.1) is 0 Å². The zero-order valence-electron chi connectivity index (χ0n) is 12.1. The summed E-state index contributed by atoms with van der Waals surface area (Å²) >= 11 is 0. The van der Waals surface area contributed by atoms with Crippen LogP contribution in [-0.2, 0) is 0 Å². The Morgan fingerprint density at radius 3 is 2.35 bits per heavy atom. The van der Waals surface area contributed by atoms with E-state index in [0.29, 0.717) is 0 Å². The average molecular weight is 238 g/mol. The van der Waals surface area contributed by atoms with Crippen molar-refractivity contribution in [1.82, 2.24) is 4.90 Å². The second-order valence-electron chi connectivity index (χ2n) is 5.39. The molecule has 1 aliphatic rings. The maximum Gasteiger partial charge on any atom is 0.0438 e. The van der Waals surface area contributed by atoms with Crippen LogP contribution >= 0.6 is 0 Å². The van der Waals surface area contributed by atoms with Crippen molar-refractivity contribution < 1.29 is 0 Å². The lowest BCUT2D eigenvalue weighted by atomic mass is 9.79. The zero-order chi connectivity index (χ0) is 12.9. The normalized spacial score (nSPS) is 22.1. The van der Waals surface area contributed by atoms with E-state index in [-0.39, 0.29) is 11.6 Å². The number of allylic oxidation sites excluding steroid dienone is 1. The molecular weight excluding hydrogens is 208 g/mol. The Hall–Kier alpha value is -0.340. The molecule has 2 nitrogen and oxygen atoms in total. The summed E-state index contributed by atoms with van der Waals surface area (Å²) in [4.78, 5) is 2.52. The number of hydrogen-bond acceptors (Lipinski definition) is 2. The molecule has 0 aromatic carbocycles. The Balaban J connectivity index is 2.87. The second kappa shape index (κ2) is 6.55. The van der Waals surface area contributed by atoms with Crippen LogP contribution in [0.3, 0.4) is 0 Å². The first-order chi connectivity index (χ1) is 8.10. The van der Waals surface area contributed by atoms with Gasteiger partial charge in [-0.25, -0.2) is 0 Å². The summed E-state index contributed by atoms with van der Waals surface area (Å²) in [6.45, 7) is 11.2. The predicted octanol–water partition coefficient (Wildman–Crippen LogP) is 3.32. The fourth-order valence-corrected chi connectivity index (χ4v) is 3.13. The monoisotopic (exact) mass is 238 g/mol. The SMILES string of the molecule is CCN(CC)C(C)(CC)C(N)C1=CCCCC1. The number of hydrogen-bond donors (Lipinski definition) is 1. The van der Waals surface area contributed by atoms with Crippen LogP contribution in [0.5, 0.6) is 0 Å². The molecule has 0 heterocycles. The summed E-state index contributed by atoms with van der Waals surface area (Å²) in [7, 11) is 0. The molecule has 1 rings (SSSR count). The molecule has 0 amide bonds. The Morgan fingerprint density at radius 2 is 1.94 bits per heavy atom.